The molecule has 1 amide bonds. The molecule has 0 atom stereocenters. The van der Waals surface area contributed by atoms with E-state index in [0.29, 0.717) is 6.54 Å². The van der Waals surface area contributed by atoms with Crippen LogP contribution in [0.2, 0.25) is 5.02 Å². The van der Waals surface area contributed by atoms with Gasteiger partial charge in [-0.25, -0.2) is 0 Å². The molecule has 0 radical (unpaired) electrons. The molecule has 6 nitrogen and oxygen atoms in total. The van der Waals surface area contributed by atoms with Crippen molar-refractivity contribution in [3.63, 3.8) is 0 Å². The summed E-state index contributed by atoms with van der Waals surface area (Å²) in [5, 5.41) is 14.0. The second-order valence-electron chi connectivity index (χ2n) is 3.84. The zero-order valence-electron chi connectivity index (χ0n) is 10.4. The highest BCUT2D eigenvalue weighted by atomic mass is 35.5. The first-order chi connectivity index (χ1) is 8.38. The number of halogens is 1. The third kappa shape index (κ3) is 2.89. The third-order valence-electron chi connectivity index (χ3n) is 2.27. The Morgan fingerprint density at radius 1 is 1.50 bits per heavy atom. The van der Waals surface area contributed by atoms with Gasteiger partial charge in [0.15, 0.2) is 0 Å². The topological polar surface area (TPSA) is 75.5 Å². The van der Waals surface area contributed by atoms with Crippen LogP contribution < -0.4 is 5.32 Å². The van der Waals surface area contributed by atoms with Crippen LogP contribution in [0, 0.1) is 10.1 Å². The van der Waals surface area contributed by atoms with Gasteiger partial charge in [0.2, 0.25) is 0 Å². The number of nitro benzene ring substituents is 1. The molecule has 0 fully saturated rings. The van der Waals surface area contributed by atoms with Crippen molar-refractivity contribution in [2.75, 3.05) is 26.0 Å². The van der Waals surface area contributed by atoms with Gasteiger partial charge in [0.05, 0.1) is 9.95 Å². The molecule has 1 aromatic carbocycles. The summed E-state index contributed by atoms with van der Waals surface area (Å²) in [6.07, 6.45) is 0. The molecule has 98 valence electrons. The minimum atomic E-state index is -0.559. The van der Waals surface area contributed by atoms with E-state index in [0.717, 1.165) is 0 Å². The first-order valence-electron chi connectivity index (χ1n) is 5.32. The predicted molar refractivity (Wildman–Crippen MR) is 70.3 cm³/mol. The van der Waals surface area contributed by atoms with Crippen molar-refractivity contribution in [1.29, 1.82) is 0 Å². The fraction of sp³-hybridized carbons (Fsp3) is 0.364. The van der Waals surface area contributed by atoms with E-state index in [1.165, 1.54) is 17.0 Å². The maximum absolute atomic E-state index is 11.8. The van der Waals surface area contributed by atoms with Crippen molar-refractivity contribution in [3.8, 4) is 0 Å². The summed E-state index contributed by atoms with van der Waals surface area (Å²) in [4.78, 5) is 23.5. The molecule has 0 saturated heterocycles. The van der Waals surface area contributed by atoms with Gasteiger partial charge in [-0.05, 0) is 13.0 Å². The van der Waals surface area contributed by atoms with Crippen molar-refractivity contribution < 1.29 is 9.72 Å². The molecule has 0 bridgehead atoms. The van der Waals surface area contributed by atoms with E-state index in [1.807, 2.05) is 0 Å². The molecule has 0 spiro atoms. The molecular formula is C11H14ClN3O3. The van der Waals surface area contributed by atoms with E-state index in [4.69, 9.17) is 11.6 Å². The SMILES string of the molecule is CCNc1c(Cl)cc(C(=O)N(C)C)cc1[N+](=O)[O-]. The smallest absolute Gasteiger partial charge is 0.294 e. The lowest BCUT2D eigenvalue weighted by Gasteiger charge is -2.12. The largest absolute Gasteiger partial charge is 0.379 e. The standard InChI is InChI=1S/C11H14ClN3O3/c1-4-13-10-8(12)5-7(11(16)14(2)3)6-9(10)15(17)18/h5-6,13H,4H2,1-3H3. The molecule has 18 heavy (non-hydrogen) atoms. The fourth-order valence-corrected chi connectivity index (χ4v) is 1.75. The maximum atomic E-state index is 11.8. The summed E-state index contributed by atoms with van der Waals surface area (Å²) >= 11 is 5.97. The Morgan fingerprint density at radius 2 is 2.11 bits per heavy atom. The van der Waals surface area contributed by atoms with Gasteiger partial charge in [0.25, 0.3) is 11.6 Å². The van der Waals surface area contributed by atoms with Gasteiger partial charge in [-0.3, -0.25) is 14.9 Å². The first kappa shape index (κ1) is 14.2. The monoisotopic (exact) mass is 271 g/mol. The van der Waals surface area contributed by atoms with Crippen LogP contribution in [0.25, 0.3) is 0 Å². The van der Waals surface area contributed by atoms with E-state index in [9.17, 15) is 14.9 Å². The van der Waals surface area contributed by atoms with Gasteiger partial charge >= 0.3 is 0 Å². The van der Waals surface area contributed by atoms with Crippen LogP contribution in [0.5, 0.6) is 0 Å². The van der Waals surface area contributed by atoms with E-state index in [-0.39, 0.29) is 27.9 Å². The van der Waals surface area contributed by atoms with Gasteiger partial charge in [-0.15, -0.1) is 0 Å². The van der Waals surface area contributed by atoms with Gasteiger partial charge < -0.3 is 10.2 Å². The second-order valence-corrected chi connectivity index (χ2v) is 4.25. The summed E-state index contributed by atoms with van der Waals surface area (Å²) < 4.78 is 0. The average molecular weight is 272 g/mol. The first-order valence-corrected chi connectivity index (χ1v) is 5.69. The van der Waals surface area contributed by atoms with Crippen LogP contribution in [0.3, 0.4) is 0 Å². The van der Waals surface area contributed by atoms with Crippen molar-refractivity contribution in [2.45, 2.75) is 6.92 Å². The Hall–Kier alpha value is -1.82. The molecule has 7 heteroatoms. The minimum absolute atomic E-state index is 0.163. The predicted octanol–water partition coefficient (Wildman–Crippen LogP) is 2.38. The molecule has 1 rings (SSSR count). The summed E-state index contributed by atoms with van der Waals surface area (Å²) in [5.41, 5.74) is 0.229. The number of nitrogens with zero attached hydrogens (tertiary/aromatic N) is 2. The molecule has 0 aliphatic carbocycles. The number of hydrogen-bond donors (Lipinski definition) is 1. The number of benzene rings is 1. The van der Waals surface area contributed by atoms with Crippen LogP contribution in [-0.2, 0) is 0 Å². The van der Waals surface area contributed by atoms with Crippen LogP contribution in [0.15, 0.2) is 12.1 Å². The Bertz CT molecular complexity index is 489. The molecule has 0 unspecified atom stereocenters. The second kappa shape index (κ2) is 5.68. The molecule has 1 aromatic rings. The Kier molecular flexibility index (Phi) is 4.49. The number of hydrogen-bond acceptors (Lipinski definition) is 4. The number of rotatable bonds is 4. The van der Waals surface area contributed by atoms with Crippen LogP contribution in [0.4, 0.5) is 11.4 Å². The maximum Gasteiger partial charge on any atom is 0.294 e. The number of anilines is 1. The Labute approximate surface area is 110 Å². The number of carbonyl (C=O) groups excluding carboxylic acids is 1. The molecule has 0 aliphatic heterocycles. The van der Waals surface area contributed by atoms with Gasteiger partial charge in [0.1, 0.15) is 5.69 Å². The van der Waals surface area contributed by atoms with Gasteiger partial charge in [-0.1, -0.05) is 11.6 Å². The highest BCUT2D eigenvalue weighted by molar-refractivity contribution is 6.34. The number of nitro groups is 1. The molecule has 1 N–H and O–H groups in total. The van der Waals surface area contributed by atoms with Crippen LogP contribution >= 0.6 is 11.6 Å². The minimum Gasteiger partial charge on any atom is -0.379 e. The van der Waals surface area contributed by atoms with Gasteiger partial charge in [-0.2, -0.15) is 0 Å². The normalized spacial score (nSPS) is 10.0. The molecular weight excluding hydrogens is 258 g/mol. The molecule has 0 saturated carbocycles. The van der Waals surface area contributed by atoms with Crippen LogP contribution in [-0.4, -0.2) is 36.4 Å². The number of nitrogens with one attached hydrogen (secondary N) is 1. The lowest BCUT2D eigenvalue weighted by atomic mass is 10.1. The van der Waals surface area contributed by atoms with E-state index >= 15 is 0 Å². The quantitative estimate of drug-likeness (QED) is 0.674. The highest BCUT2D eigenvalue weighted by Gasteiger charge is 2.21. The van der Waals surface area contributed by atoms with E-state index in [2.05, 4.69) is 5.32 Å². The zero-order valence-corrected chi connectivity index (χ0v) is 11.1. The van der Waals surface area contributed by atoms with E-state index < -0.39 is 4.92 Å². The fourth-order valence-electron chi connectivity index (χ4n) is 1.47. The Balaban J connectivity index is 3.36. The summed E-state index contributed by atoms with van der Waals surface area (Å²) in [6, 6.07) is 2.65. The van der Waals surface area contributed by atoms with Crippen molar-refractivity contribution >= 4 is 28.9 Å². The van der Waals surface area contributed by atoms with Crippen molar-refractivity contribution in [3.05, 3.63) is 32.8 Å². The average Bonchev–Trinajstić information content (AvgIpc) is 2.30. The Morgan fingerprint density at radius 3 is 2.56 bits per heavy atom. The highest BCUT2D eigenvalue weighted by Crippen LogP contribution is 2.33. The molecule has 0 heterocycles. The van der Waals surface area contributed by atoms with Crippen molar-refractivity contribution in [2.24, 2.45) is 0 Å². The van der Waals surface area contributed by atoms with Crippen molar-refractivity contribution in [1.82, 2.24) is 4.90 Å². The summed E-state index contributed by atoms with van der Waals surface area (Å²) in [7, 11) is 3.14. The van der Waals surface area contributed by atoms with Gasteiger partial charge in [0, 0.05) is 32.3 Å². The lowest BCUT2D eigenvalue weighted by molar-refractivity contribution is -0.384. The molecule has 0 aliphatic rings. The summed E-state index contributed by atoms with van der Waals surface area (Å²) in [6.45, 7) is 2.31. The zero-order chi connectivity index (χ0) is 13.9. The summed E-state index contributed by atoms with van der Waals surface area (Å²) in [5.74, 6) is -0.331. The third-order valence-corrected chi connectivity index (χ3v) is 2.57. The number of amides is 1. The van der Waals surface area contributed by atoms with E-state index in [1.54, 1.807) is 21.0 Å². The van der Waals surface area contributed by atoms with Crippen LogP contribution in [0.1, 0.15) is 17.3 Å². The molecule has 0 aromatic heterocycles. The lowest BCUT2D eigenvalue weighted by Crippen LogP contribution is -2.22. The number of carbonyl (C=O) groups is 1.